The predicted octanol–water partition coefficient (Wildman–Crippen LogP) is 1.33. The van der Waals surface area contributed by atoms with E-state index in [1.807, 2.05) is 0 Å². The van der Waals surface area contributed by atoms with Crippen LogP contribution in [0.1, 0.15) is 26.2 Å². The van der Waals surface area contributed by atoms with Crippen LogP contribution < -0.4 is 5.32 Å². The van der Waals surface area contributed by atoms with Crippen LogP contribution in [0.5, 0.6) is 0 Å². The third-order valence-corrected chi connectivity index (χ3v) is 3.42. The maximum Gasteiger partial charge on any atom is 0.00224 e. The molecule has 0 aromatic rings. The minimum absolute atomic E-state index is 0.933. The molecule has 2 rings (SSSR count). The normalized spacial score (nSPS) is 36.7. The third-order valence-electron chi connectivity index (χ3n) is 3.42. The Morgan fingerprint density at radius 3 is 3.00 bits per heavy atom. The molecule has 0 unspecified atom stereocenters. The molecule has 1 N–H and O–H groups in total. The molecule has 0 bridgehead atoms. The van der Waals surface area contributed by atoms with Gasteiger partial charge in [-0.1, -0.05) is 6.92 Å². The van der Waals surface area contributed by atoms with Crippen LogP contribution in [0, 0.1) is 11.8 Å². The van der Waals surface area contributed by atoms with Crippen LogP contribution in [-0.2, 0) is 0 Å². The van der Waals surface area contributed by atoms with Crippen molar-refractivity contribution in [2.45, 2.75) is 26.2 Å². The molecule has 2 aliphatic rings. The van der Waals surface area contributed by atoms with Gasteiger partial charge in [-0.3, -0.25) is 0 Å². The molecule has 0 amide bonds. The molecule has 76 valence electrons. The molecule has 0 saturated carbocycles. The van der Waals surface area contributed by atoms with E-state index in [1.54, 1.807) is 0 Å². The lowest BCUT2D eigenvalue weighted by atomic mass is 9.98. The zero-order valence-corrected chi connectivity index (χ0v) is 8.76. The molecule has 2 heterocycles. The van der Waals surface area contributed by atoms with Crippen LogP contribution in [-0.4, -0.2) is 37.6 Å². The van der Waals surface area contributed by atoms with Crippen LogP contribution in [0.4, 0.5) is 0 Å². The maximum atomic E-state index is 3.45. The van der Waals surface area contributed by atoms with Crippen LogP contribution in [0.2, 0.25) is 0 Å². The largest absolute Gasteiger partial charge is 0.316 e. The van der Waals surface area contributed by atoms with Gasteiger partial charge in [-0.2, -0.15) is 0 Å². The van der Waals surface area contributed by atoms with E-state index < -0.39 is 0 Å². The molecule has 2 fully saturated rings. The smallest absolute Gasteiger partial charge is 0.00224 e. The first-order valence-corrected chi connectivity index (χ1v) is 5.77. The van der Waals surface area contributed by atoms with Gasteiger partial charge in [-0.05, 0) is 50.7 Å². The Labute approximate surface area is 81.7 Å². The van der Waals surface area contributed by atoms with Gasteiger partial charge in [0.2, 0.25) is 0 Å². The lowest BCUT2D eigenvalue weighted by Gasteiger charge is -2.32. The van der Waals surface area contributed by atoms with Crippen molar-refractivity contribution in [2.75, 3.05) is 32.7 Å². The van der Waals surface area contributed by atoms with Crippen molar-refractivity contribution in [3.05, 3.63) is 0 Å². The second-order valence-electron chi connectivity index (χ2n) is 4.87. The first kappa shape index (κ1) is 9.47. The summed E-state index contributed by atoms with van der Waals surface area (Å²) in [4.78, 5) is 2.67. The Balaban J connectivity index is 1.73. The van der Waals surface area contributed by atoms with Crippen molar-refractivity contribution in [1.29, 1.82) is 0 Å². The highest BCUT2D eigenvalue weighted by molar-refractivity contribution is 4.77. The molecule has 2 heteroatoms. The Bertz CT molecular complexity index is 152. The van der Waals surface area contributed by atoms with Crippen LogP contribution in [0.3, 0.4) is 0 Å². The van der Waals surface area contributed by atoms with Gasteiger partial charge in [0.1, 0.15) is 0 Å². The highest BCUT2D eigenvalue weighted by atomic mass is 15.1. The fraction of sp³-hybridized carbons (Fsp3) is 1.00. The molecular formula is C11H22N2. The lowest BCUT2D eigenvalue weighted by Crippen LogP contribution is -2.38. The minimum atomic E-state index is 0.933. The van der Waals surface area contributed by atoms with Gasteiger partial charge in [0.05, 0.1) is 0 Å². The van der Waals surface area contributed by atoms with Gasteiger partial charge in [-0.25, -0.2) is 0 Å². The number of piperidine rings is 1. The van der Waals surface area contributed by atoms with Gasteiger partial charge in [0.15, 0.2) is 0 Å². The zero-order chi connectivity index (χ0) is 9.10. The number of hydrogen-bond acceptors (Lipinski definition) is 2. The van der Waals surface area contributed by atoms with Gasteiger partial charge in [-0.15, -0.1) is 0 Å². The number of nitrogens with zero attached hydrogens (tertiary/aromatic N) is 1. The van der Waals surface area contributed by atoms with Crippen LogP contribution in [0.15, 0.2) is 0 Å². The summed E-state index contributed by atoms with van der Waals surface area (Å²) in [5.74, 6) is 1.87. The first-order chi connectivity index (χ1) is 6.34. The third kappa shape index (κ3) is 2.68. The maximum absolute atomic E-state index is 3.45. The fourth-order valence-electron chi connectivity index (χ4n) is 2.69. The van der Waals surface area contributed by atoms with E-state index in [1.165, 1.54) is 52.0 Å². The zero-order valence-electron chi connectivity index (χ0n) is 8.76. The average Bonchev–Trinajstić information content (AvgIpc) is 2.57. The Morgan fingerprint density at radius 1 is 1.38 bits per heavy atom. The van der Waals surface area contributed by atoms with Gasteiger partial charge < -0.3 is 10.2 Å². The van der Waals surface area contributed by atoms with E-state index in [2.05, 4.69) is 17.1 Å². The monoisotopic (exact) mass is 182 g/mol. The highest BCUT2D eigenvalue weighted by Gasteiger charge is 2.21. The van der Waals surface area contributed by atoms with E-state index >= 15 is 0 Å². The standard InChI is InChI=1S/C11H22N2/c1-10-3-2-6-13(8-10)9-11-4-5-12-7-11/h10-12H,2-9H2,1H3/t10-,11-/m0/s1. The van der Waals surface area contributed by atoms with Gasteiger partial charge >= 0.3 is 0 Å². The van der Waals surface area contributed by atoms with Crippen LogP contribution >= 0.6 is 0 Å². The van der Waals surface area contributed by atoms with Gasteiger partial charge in [0, 0.05) is 13.1 Å². The molecule has 0 spiro atoms. The Hall–Kier alpha value is -0.0800. The molecule has 13 heavy (non-hydrogen) atoms. The summed E-state index contributed by atoms with van der Waals surface area (Å²) >= 11 is 0. The van der Waals surface area contributed by atoms with E-state index in [0.717, 1.165) is 11.8 Å². The summed E-state index contributed by atoms with van der Waals surface area (Å²) in [5, 5.41) is 3.45. The summed E-state index contributed by atoms with van der Waals surface area (Å²) in [5.41, 5.74) is 0. The molecule has 2 saturated heterocycles. The molecule has 0 aromatic heterocycles. The van der Waals surface area contributed by atoms with Gasteiger partial charge in [0.25, 0.3) is 0 Å². The molecule has 0 radical (unpaired) electrons. The summed E-state index contributed by atoms with van der Waals surface area (Å²) < 4.78 is 0. The summed E-state index contributed by atoms with van der Waals surface area (Å²) in [7, 11) is 0. The number of rotatable bonds is 2. The van der Waals surface area contributed by atoms with E-state index in [-0.39, 0.29) is 0 Å². The summed E-state index contributed by atoms with van der Waals surface area (Å²) in [6.07, 6.45) is 4.26. The van der Waals surface area contributed by atoms with E-state index in [9.17, 15) is 0 Å². The Kier molecular flexibility index (Phi) is 3.23. The highest BCUT2D eigenvalue weighted by Crippen LogP contribution is 2.18. The second kappa shape index (κ2) is 4.43. The van der Waals surface area contributed by atoms with Crippen molar-refractivity contribution >= 4 is 0 Å². The molecular weight excluding hydrogens is 160 g/mol. The average molecular weight is 182 g/mol. The fourth-order valence-corrected chi connectivity index (χ4v) is 2.69. The van der Waals surface area contributed by atoms with Crippen molar-refractivity contribution in [1.82, 2.24) is 10.2 Å². The summed E-state index contributed by atoms with van der Waals surface area (Å²) in [6.45, 7) is 8.92. The predicted molar refractivity (Wildman–Crippen MR) is 55.8 cm³/mol. The molecule has 2 nitrogen and oxygen atoms in total. The second-order valence-corrected chi connectivity index (χ2v) is 4.87. The lowest BCUT2D eigenvalue weighted by molar-refractivity contribution is 0.163. The van der Waals surface area contributed by atoms with Crippen molar-refractivity contribution in [3.63, 3.8) is 0 Å². The van der Waals surface area contributed by atoms with Crippen molar-refractivity contribution < 1.29 is 0 Å². The Morgan fingerprint density at radius 2 is 2.31 bits per heavy atom. The number of likely N-dealkylation sites (tertiary alicyclic amines) is 1. The van der Waals surface area contributed by atoms with Crippen molar-refractivity contribution in [3.8, 4) is 0 Å². The van der Waals surface area contributed by atoms with E-state index in [4.69, 9.17) is 0 Å². The number of nitrogens with one attached hydrogen (secondary N) is 1. The number of hydrogen-bond donors (Lipinski definition) is 1. The topological polar surface area (TPSA) is 15.3 Å². The van der Waals surface area contributed by atoms with Crippen molar-refractivity contribution in [2.24, 2.45) is 11.8 Å². The molecule has 2 aliphatic heterocycles. The minimum Gasteiger partial charge on any atom is -0.316 e. The molecule has 0 aliphatic carbocycles. The quantitative estimate of drug-likeness (QED) is 0.693. The molecule has 0 aromatic carbocycles. The van der Waals surface area contributed by atoms with E-state index in [0.29, 0.717) is 0 Å². The first-order valence-electron chi connectivity index (χ1n) is 5.77. The SMILES string of the molecule is C[C@H]1CCCN(C[C@H]2CCNC2)C1. The summed E-state index contributed by atoms with van der Waals surface area (Å²) in [6, 6.07) is 0. The molecule has 2 atom stereocenters. The van der Waals surface area contributed by atoms with Crippen LogP contribution in [0.25, 0.3) is 0 Å².